The zero-order chi connectivity index (χ0) is 22.4. The molecule has 2 aromatic heterocycles. The number of urea groups is 1. The van der Waals surface area contributed by atoms with E-state index in [1.807, 2.05) is 0 Å². The highest BCUT2D eigenvalue weighted by Crippen LogP contribution is 2.45. The number of rotatable bonds is 4. The summed E-state index contributed by atoms with van der Waals surface area (Å²) in [6, 6.07) is 9.63. The van der Waals surface area contributed by atoms with Crippen LogP contribution in [0.15, 0.2) is 54.0 Å². The van der Waals surface area contributed by atoms with E-state index in [9.17, 15) is 27.9 Å². The maximum Gasteiger partial charge on any atom is 0.437 e. The highest BCUT2D eigenvalue weighted by Gasteiger charge is 2.66. The maximum atomic E-state index is 13.8. The first-order valence-corrected chi connectivity index (χ1v) is 10.1. The Morgan fingerprint density at radius 1 is 1.23 bits per heavy atom. The summed E-state index contributed by atoms with van der Waals surface area (Å²) in [6.07, 6.45) is -3.81. The van der Waals surface area contributed by atoms with Gasteiger partial charge in [0.15, 0.2) is 0 Å². The van der Waals surface area contributed by atoms with Crippen LogP contribution in [0.25, 0.3) is 16.3 Å². The average Bonchev–Trinajstić information content (AvgIpc) is 3.36. The van der Waals surface area contributed by atoms with Gasteiger partial charge in [0.05, 0.1) is 22.5 Å². The molecule has 0 spiro atoms. The Balaban J connectivity index is 1.91. The zero-order valence-corrected chi connectivity index (χ0v) is 16.9. The molecule has 2 amide bonds. The van der Waals surface area contributed by atoms with Crippen molar-refractivity contribution >= 4 is 23.2 Å². The van der Waals surface area contributed by atoms with Crippen LogP contribution in [0.1, 0.15) is 18.5 Å². The van der Waals surface area contributed by atoms with Gasteiger partial charge in [0.1, 0.15) is 11.5 Å². The molecule has 1 aliphatic heterocycles. The van der Waals surface area contributed by atoms with E-state index in [1.54, 1.807) is 47.8 Å². The Morgan fingerprint density at radius 3 is 2.52 bits per heavy atom. The van der Waals surface area contributed by atoms with Gasteiger partial charge in [0.2, 0.25) is 5.72 Å². The van der Waals surface area contributed by atoms with Crippen LogP contribution in [0.4, 0.5) is 18.0 Å². The molecule has 3 atom stereocenters. The molecule has 162 valence electrons. The van der Waals surface area contributed by atoms with E-state index in [1.165, 1.54) is 27.5 Å². The van der Waals surface area contributed by atoms with E-state index in [0.717, 1.165) is 6.92 Å². The monoisotopic (exact) mass is 450 g/mol. The minimum Gasteiger partial charge on any atom is -0.363 e. The number of carbonyl (C=O) groups is 2. The van der Waals surface area contributed by atoms with E-state index < -0.39 is 35.7 Å². The molecule has 3 heterocycles. The summed E-state index contributed by atoms with van der Waals surface area (Å²) < 4.78 is 42.8. The third-order valence-electron chi connectivity index (χ3n) is 5.10. The van der Waals surface area contributed by atoms with Crippen LogP contribution in [0.2, 0.25) is 0 Å². The van der Waals surface area contributed by atoms with E-state index in [4.69, 9.17) is 0 Å². The number of para-hydroxylation sites is 1. The Morgan fingerprint density at radius 2 is 1.94 bits per heavy atom. The molecule has 7 nitrogen and oxygen atoms in total. The van der Waals surface area contributed by atoms with E-state index >= 15 is 0 Å². The molecule has 1 aliphatic rings. The summed E-state index contributed by atoms with van der Waals surface area (Å²) in [5.74, 6) is -2.97. The van der Waals surface area contributed by atoms with Crippen LogP contribution in [-0.2, 0) is 4.79 Å². The third-order valence-corrected chi connectivity index (χ3v) is 5.97. The van der Waals surface area contributed by atoms with Gasteiger partial charge in [-0.2, -0.15) is 18.3 Å². The van der Waals surface area contributed by atoms with Crippen molar-refractivity contribution in [3.8, 4) is 16.3 Å². The number of nitrogens with one attached hydrogen (secondary N) is 2. The maximum absolute atomic E-state index is 13.8. The second kappa shape index (κ2) is 7.50. The standard InChI is InChI=1S/C20H17F3N4O3S/c1-11(28)15-17(24-18(29)25-19(15,30)20(21,22)23)13-10-27(12-6-3-2-4-7-12)26-16(13)14-8-5-9-31-14/h2-10,15,17,30H,1H3,(H2,24,25,29)/t15-,17+,19-/m1/s1. The first kappa shape index (κ1) is 21.1. The molecule has 0 saturated carbocycles. The number of alkyl halides is 3. The van der Waals surface area contributed by atoms with Gasteiger partial charge in [0.25, 0.3) is 0 Å². The number of halogens is 3. The van der Waals surface area contributed by atoms with Gasteiger partial charge in [0, 0.05) is 11.8 Å². The number of aliphatic hydroxyl groups is 1. The fraction of sp³-hybridized carbons (Fsp3) is 0.250. The Hall–Kier alpha value is -3.18. The van der Waals surface area contributed by atoms with Crippen molar-refractivity contribution in [3.63, 3.8) is 0 Å². The van der Waals surface area contributed by atoms with E-state index in [0.29, 0.717) is 16.3 Å². The van der Waals surface area contributed by atoms with E-state index in [-0.39, 0.29) is 5.56 Å². The fourth-order valence-corrected chi connectivity index (χ4v) is 4.45. The van der Waals surface area contributed by atoms with Gasteiger partial charge >= 0.3 is 12.2 Å². The van der Waals surface area contributed by atoms with Crippen molar-refractivity contribution in [1.29, 1.82) is 0 Å². The number of ketones is 1. The van der Waals surface area contributed by atoms with Crippen molar-refractivity contribution in [1.82, 2.24) is 20.4 Å². The number of hydrogen-bond donors (Lipinski definition) is 3. The molecule has 0 bridgehead atoms. The van der Waals surface area contributed by atoms with Gasteiger partial charge in [-0.15, -0.1) is 11.3 Å². The molecular weight excluding hydrogens is 433 g/mol. The minimum atomic E-state index is -5.28. The number of thiophene rings is 1. The number of carbonyl (C=O) groups excluding carboxylic acids is 2. The Bertz CT molecular complexity index is 1110. The molecule has 11 heteroatoms. The van der Waals surface area contributed by atoms with Crippen molar-refractivity contribution in [2.45, 2.75) is 24.9 Å². The Kier molecular flexibility index (Phi) is 5.10. The van der Waals surface area contributed by atoms with Crippen LogP contribution in [0.3, 0.4) is 0 Å². The number of Topliss-reactive ketones (excluding diaryl/α,β-unsaturated/α-hetero) is 1. The lowest BCUT2D eigenvalue weighted by atomic mass is 9.79. The largest absolute Gasteiger partial charge is 0.437 e. The fourth-order valence-electron chi connectivity index (χ4n) is 3.72. The molecule has 1 fully saturated rings. The number of hydrogen-bond acceptors (Lipinski definition) is 5. The molecule has 4 rings (SSSR count). The predicted molar refractivity (Wildman–Crippen MR) is 106 cm³/mol. The third kappa shape index (κ3) is 3.59. The number of amides is 2. The zero-order valence-electron chi connectivity index (χ0n) is 16.1. The summed E-state index contributed by atoms with van der Waals surface area (Å²) in [5.41, 5.74) is -2.60. The summed E-state index contributed by atoms with van der Waals surface area (Å²) in [4.78, 5) is 25.1. The molecule has 31 heavy (non-hydrogen) atoms. The van der Waals surface area contributed by atoms with Crippen LogP contribution in [-0.4, -0.2) is 38.6 Å². The molecule has 3 aromatic rings. The van der Waals surface area contributed by atoms with E-state index in [2.05, 4.69) is 10.4 Å². The highest BCUT2D eigenvalue weighted by molar-refractivity contribution is 7.13. The second-order valence-corrected chi connectivity index (χ2v) is 8.07. The topological polar surface area (TPSA) is 96.2 Å². The summed E-state index contributed by atoms with van der Waals surface area (Å²) >= 11 is 1.30. The van der Waals surface area contributed by atoms with Crippen molar-refractivity contribution in [2.24, 2.45) is 5.92 Å². The lowest BCUT2D eigenvalue weighted by Gasteiger charge is -2.44. The average molecular weight is 450 g/mol. The molecule has 1 saturated heterocycles. The molecular formula is C20H17F3N4O3S. The lowest BCUT2D eigenvalue weighted by Crippen LogP contribution is -2.72. The van der Waals surface area contributed by atoms with Crippen molar-refractivity contribution < 1.29 is 27.9 Å². The quantitative estimate of drug-likeness (QED) is 0.568. The summed E-state index contributed by atoms with van der Waals surface area (Å²) in [6.45, 7) is 0.944. The minimum absolute atomic E-state index is 0.184. The summed E-state index contributed by atoms with van der Waals surface area (Å²) in [7, 11) is 0. The van der Waals surface area contributed by atoms with Crippen molar-refractivity contribution in [3.05, 3.63) is 59.6 Å². The molecule has 0 radical (unpaired) electrons. The smallest absolute Gasteiger partial charge is 0.363 e. The normalized spacial score (nSPS) is 23.8. The first-order valence-electron chi connectivity index (χ1n) is 9.19. The predicted octanol–water partition coefficient (Wildman–Crippen LogP) is 3.41. The molecule has 3 N–H and O–H groups in total. The van der Waals surface area contributed by atoms with Gasteiger partial charge in [-0.05, 0) is 30.5 Å². The van der Waals surface area contributed by atoms with Gasteiger partial charge < -0.3 is 15.7 Å². The number of aromatic nitrogens is 2. The number of benzene rings is 1. The highest BCUT2D eigenvalue weighted by atomic mass is 32.1. The van der Waals surface area contributed by atoms with Gasteiger partial charge in [-0.1, -0.05) is 24.3 Å². The second-order valence-electron chi connectivity index (χ2n) is 7.12. The van der Waals surface area contributed by atoms with Crippen LogP contribution >= 0.6 is 11.3 Å². The molecule has 0 aliphatic carbocycles. The van der Waals surface area contributed by atoms with Gasteiger partial charge in [-0.3, -0.25) is 4.79 Å². The lowest BCUT2D eigenvalue weighted by molar-refractivity contribution is -0.290. The first-order chi connectivity index (χ1) is 14.6. The molecule has 1 aromatic carbocycles. The summed E-state index contributed by atoms with van der Waals surface area (Å²) in [5, 5.41) is 20.6. The van der Waals surface area contributed by atoms with Crippen LogP contribution in [0.5, 0.6) is 0 Å². The SMILES string of the molecule is CC(=O)[C@@H]1[C@H](c2cn(-c3ccccc3)nc2-c2cccs2)NC(=O)N[C@]1(O)C(F)(F)F. The van der Waals surface area contributed by atoms with Crippen LogP contribution < -0.4 is 10.6 Å². The van der Waals surface area contributed by atoms with Gasteiger partial charge in [-0.25, -0.2) is 9.48 Å². The molecule has 0 unspecified atom stereocenters. The van der Waals surface area contributed by atoms with Crippen LogP contribution in [0, 0.1) is 5.92 Å². The number of nitrogens with zero attached hydrogens (tertiary/aromatic N) is 2. The Labute approximate surface area is 178 Å². The van der Waals surface area contributed by atoms with Crippen molar-refractivity contribution in [2.75, 3.05) is 0 Å².